The molecule has 3 nitrogen and oxygen atoms in total. The van der Waals surface area contributed by atoms with E-state index in [2.05, 4.69) is 9.88 Å². The van der Waals surface area contributed by atoms with Gasteiger partial charge in [0.25, 0.3) is 0 Å². The van der Waals surface area contributed by atoms with Crippen molar-refractivity contribution in [1.82, 2.24) is 9.88 Å². The number of nitrogens with zero attached hydrogens (tertiary/aromatic N) is 2. The van der Waals surface area contributed by atoms with Crippen LogP contribution in [0.15, 0.2) is 42.5 Å². The Morgan fingerprint density at radius 3 is 2.67 bits per heavy atom. The molecule has 1 saturated heterocycles. The second-order valence-corrected chi connectivity index (χ2v) is 7.45. The van der Waals surface area contributed by atoms with Crippen LogP contribution in [0.5, 0.6) is 0 Å². The van der Waals surface area contributed by atoms with Gasteiger partial charge in [-0.1, -0.05) is 24.3 Å². The average Bonchev–Trinajstić information content (AvgIpc) is 3.46. The third-order valence-corrected chi connectivity index (χ3v) is 5.22. The number of benzene rings is 1. The van der Waals surface area contributed by atoms with Crippen molar-refractivity contribution < 1.29 is 17.9 Å². The maximum Gasteiger partial charge on any atom is 0.416 e. The summed E-state index contributed by atoms with van der Waals surface area (Å²) in [7, 11) is 0. The topological polar surface area (TPSA) is 25.4 Å². The summed E-state index contributed by atoms with van der Waals surface area (Å²) in [6.07, 6.45) is -1.69. The number of alkyl halides is 3. The van der Waals surface area contributed by atoms with E-state index in [4.69, 9.17) is 4.74 Å². The molecule has 2 heterocycles. The zero-order chi connectivity index (χ0) is 18.9. The van der Waals surface area contributed by atoms with Crippen LogP contribution in [-0.4, -0.2) is 36.1 Å². The molecule has 0 bridgehead atoms. The molecule has 2 aliphatic rings. The summed E-state index contributed by atoms with van der Waals surface area (Å²) in [4.78, 5) is 7.04. The molecule has 1 atom stereocenters. The molecule has 0 radical (unpaired) electrons. The predicted octanol–water partition coefficient (Wildman–Crippen LogP) is 4.47. The van der Waals surface area contributed by atoms with E-state index in [1.165, 1.54) is 25.0 Å². The van der Waals surface area contributed by atoms with Crippen molar-refractivity contribution in [2.45, 2.75) is 31.5 Å². The van der Waals surface area contributed by atoms with Crippen LogP contribution in [0.4, 0.5) is 13.2 Å². The second-order valence-electron chi connectivity index (χ2n) is 7.45. The lowest BCUT2D eigenvalue weighted by Crippen LogP contribution is -2.39. The Balaban J connectivity index is 1.50. The standard InChI is InChI=1S/C21H23F3N2O/c22-21(23,24)18-6-2-1-4-16(18)12-17-5-3-7-19(25-17)20-14-26(10-11-27-20)13-15-8-9-15/h1-7,15,20H,8-14H2. The molecule has 27 heavy (non-hydrogen) atoms. The monoisotopic (exact) mass is 376 g/mol. The van der Waals surface area contributed by atoms with Gasteiger partial charge >= 0.3 is 6.18 Å². The minimum absolute atomic E-state index is 0.115. The summed E-state index contributed by atoms with van der Waals surface area (Å²) in [6.45, 7) is 3.51. The zero-order valence-electron chi connectivity index (χ0n) is 15.1. The highest BCUT2D eigenvalue weighted by molar-refractivity contribution is 5.33. The SMILES string of the molecule is FC(F)(F)c1ccccc1Cc1cccc(C2CN(CC3CC3)CCO2)n1. The van der Waals surface area contributed by atoms with Gasteiger partial charge in [-0.25, -0.2) is 0 Å². The van der Waals surface area contributed by atoms with Gasteiger partial charge in [-0.15, -0.1) is 0 Å². The lowest BCUT2D eigenvalue weighted by Gasteiger charge is -2.32. The van der Waals surface area contributed by atoms with Gasteiger partial charge in [0.1, 0.15) is 6.10 Å². The van der Waals surface area contributed by atoms with Crippen LogP contribution in [0.2, 0.25) is 0 Å². The van der Waals surface area contributed by atoms with Crippen molar-refractivity contribution in [2.24, 2.45) is 5.92 Å². The molecule has 1 aromatic heterocycles. The van der Waals surface area contributed by atoms with Gasteiger partial charge in [-0.3, -0.25) is 9.88 Å². The Labute approximate surface area is 157 Å². The van der Waals surface area contributed by atoms with E-state index in [-0.39, 0.29) is 18.1 Å². The largest absolute Gasteiger partial charge is 0.416 e. The molecule has 1 aliphatic carbocycles. The van der Waals surface area contributed by atoms with E-state index >= 15 is 0 Å². The molecule has 0 spiro atoms. The summed E-state index contributed by atoms with van der Waals surface area (Å²) >= 11 is 0. The van der Waals surface area contributed by atoms with Gasteiger partial charge in [-0.05, 0) is 42.5 Å². The van der Waals surface area contributed by atoms with Crippen molar-refractivity contribution in [3.05, 3.63) is 65.0 Å². The Morgan fingerprint density at radius 1 is 1.07 bits per heavy atom. The average molecular weight is 376 g/mol. The number of aromatic nitrogens is 1. The summed E-state index contributed by atoms with van der Waals surface area (Å²) in [6, 6.07) is 11.2. The number of hydrogen-bond acceptors (Lipinski definition) is 3. The van der Waals surface area contributed by atoms with Crippen LogP contribution in [-0.2, 0) is 17.3 Å². The quantitative estimate of drug-likeness (QED) is 0.770. The molecule has 2 fully saturated rings. The smallest absolute Gasteiger partial charge is 0.369 e. The summed E-state index contributed by atoms with van der Waals surface area (Å²) in [5, 5.41) is 0. The Hall–Kier alpha value is -1.92. The van der Waals surface area contributed by atoms with E-state index < -0.39 is 11.7 Å². The van der Waals surface area contributed by atoms with Crippen molar-refractivity contribution >= 4 is 0 Å². The van der Waals surface area contributed by atoms with Gasteiger partial charge in [0.2, 0.25) is 0 Å². The van der Waals surface area contributed by atoms with Crippen LogP contribution < -0.4 is 0 Å². The van der Waals surface area contributed by atoms with Gasteiger partial charge < -0.3 is 4.74 Å². The first-order valence-corrected chi connectivity index (χ1v) is 9.44. The summed E-state index contributed by atoms with van der Waals surface area (Å²) in [5.41, 5.74) is 1.08. The molecule has 1 aromatic carbocycles. The maximum absolute atomic E-state index is 13.2. The van der Waals surface area contributed by atoms with Gasteiger partial charge in [-0.2, -0.15) is 13.2 Å². The van der Waals surface area contributed by atoms with Gasteiger partial charge in [0.15, 0.2) is 0 Å². The van der Waals surface area contributed by atoms with Gasteiger partial charge in [0.05, 0.1) is 17.9 Å². The van der Waals surface area contributed by atoms with Gasteiger partial charge in [0, 0.05) is 31.7 Å². The van der Waals surface area contributed by atoms with Crippen LogP contribution in [0.25, 0.3) is 0 Å². The predicted molar refractivity (Wildman–Crippen MR) is 96.3 cm³/mol. The minimum Gasteiger partial charge on any atom is -0.369 e. The number of morpholine rings is 1. The molecule has 0 amide bonds. The first-order chi connectivity index (χ1) is 13.0. The van der Waals surface area contributed by atoms with E-state index in [1.807, 2.05) is 12.1 Å². The highest BCUT2D eigenvalue weighted by atomic mass is 19.4. The van der Waals surface area contributed by atoms with E-state index in [0.717, 1.165) is 37.3 Å². The van der Waals surface area contributed by atoms with Crippen molar-refractivity contribution in [3.8, 4) is 0 Å². The fourth-order valence-corrected chi connectivity index (χ4v) is 3.63. The molecule has 1 unspecified atom stereocenters. The molecular formula is C21H23F3N2O. The van der Waals surface area contributed by atoms with Crippen LogP contribution >= 0.6 is 0 Å². The Bertz CT molecular complexity index is 789. The molecule has 4 rings (SSSR count). The van der Waals surface area contributed by atoms with E-state index in [1.54, 1.807) is 12.1 Å². The number of hydrogen-bond donors (Lipinski definition) is 0. The van der Waals surface area contributed by atoms with Crippen LogP contribution in [0.3, 0.4) is 0 Å². The molecule has 6 heteroatoms. The number of rotatable bonds is 5. The van der Waals surface area contributed by atoms with Crippen LogP contribution in [0.1, 0.15) is 41.5 Å². The lowest BCUT2D eigenvalue weighted by molar-refractivity contribution is -0.138. The molecule has 2 aromatic rings. The van der Waals surface area contributed by atoms with Crippen molar-refractivity contribution in [1.29, 1.82) is 0 Å². The fourth-order valence-electron chi connectivity index (χ4n) is 3.63. The Kier molecular flexibility index (Phi) is 5.19. The zero-order valence-corrected chi connectivity index (χ0v) is 15.1. The normalized spacial score (nSPS) is 21.4. The fraction of sp³-hybridized carbons (Fsp3) is 0.476. The molecule has 144 valence electrons. The number of pyridine rings is 1. The van der Waals surface area contributed by atoms with Crippen LogP contribution in [0, 0.1) is 5.92 Å². The second kappa shape index (κ2) is 7.60. The molecular weight excluding hydrogens is 353 g/mol. The summed E-state index contributed by atoms with van der Waals surface area (Å²) < 4.78 is 45.6. The maximum atomic E-state index is 13.2. The molecule has 0 N–H and O–H groups in total. The third kappa shape index (κ3) is 4.68. The first kappa shape index (κ1) is 18.4. The first-order valence-electron chi connectivity index (χ1n) is 9.44. The number of halogens is 3. The molecule has 1 saturated carbocycles. The van der Waals surface area contributed by atoms with E-state index in [9.17, 15) is 13.2 Å². The third-order valence-electron chi connectivity index (χ3n) is 5.22. The van der Waals surface area contributed by atoms with E-state index in [0.29, 0.717) is 12.3 Å². The molecule has 1 aliphatic heterocycles. The minimum atomic E-state index is -4.36. The Morgan fingerprint density at radius 2 is 1.89 bits per heavy atom. The van der Waals surface area contributed by atoms with Crippen molar-refractivity contribution in [2.75, 3.05) is 26.2 Å². The highest BCUT2D eigenvalue weighted by Crippen LogP contribution is 2.33. The van der Waals surface area contributed by atoms with Crippen molar-refractivity contribution in [3.63, 3.8) is 0 Å². The summed E-state index contributed by atoms with van der Waals surface area (Å²) in [5.74, 6) is 0.821. The number of ether oxygens (including phenoxy) is 1. The highest BCUT2D eigenvalue weighted by Gasteiger charge is 2.33. The lowest BCUT2D eigenvalue weighted by atomic mass is 10.0.